The minimum Gasteiger partial charge on any atom is -0.298 e. The molecule has 13 heavy (non-hydrogen) atoms. The van der Waals surface area contributed by atoms with Gasteiger partial charge in [0.15, 0.2) is 0 Å². The van der Waals surface area contributed by atoms with E-state index < -0.39 is 0 Å². The van der Waals surface area contributed by atoms with Gasteiger partial charge >= 0.3 is 0 Å². The highest BCUT2D eigenvalue weighted by atomic mass is 16.1. The molecule has 0 aliphatic carbocycles. The molecule has 0 atom stereocenters. The highest BCUT2D eigenvalue weighted by Crippen LogP contribution is 2.11. The summed E-state index contributed by atoms with van der Waals surface area (Å²) in [6, 6.07) is 5.36. The number of carbonyl (C=O) groups excluding carboxylic acids is 1. The van der Waals surface area contributed by atoms with Crippen molar-refractivity contribution in [3.63, 3.8) is 0 Å². The van der Waals surface area contributed by atoms with Gasteiger partial charge < -0.3 is 0 Å². The summed E-state index contributed by atoms with van der Waals surface area (Å²) < 4.78 is 0. The molecule has 0 saturated carbocycles. The second-order valence-electron chi connectivity index (χ2n) is 2.85. The predicted molar refractivity (Wildman–Crippen MR) is 49.7 cm³/mol. The Balaban J connectivity index is 2.73. The van der Waals surface area contributed by atoms with E-state index in [0.717, 1.165) is 23.0 Å². The molecule has 64 valence electrons. The molecule has 0 aliphatic rings. The Morgan fingerprint density at radius 3 is 3.00 bits per heavy atom. The average molecular weight is 172 g/mol. The van der Waals surface area contributed by atoms with E-state index >= 15 is 0 Å². The van der Waals surface area contributed by atoms with E-state index in [1.807, 2.05) is 13.0 Å². The van der Waals surface area contributed by atoms with Gasteiger partial charge in [0.1, 0.15) is 12.1 Å². The molecule has 2 aromatic rings. The van der Waals surface area contributed by atoms with Crippen LogP contribution in [0.15, 0.2) is 24.4 Å². The summed E-state index contributed by atoms with van der Waals surface area (Å²) in [5, 5.41) is 0.898. The maximum absolute atomic E-state index is 10.5. The molecule has 0 aliphatic heterocycles. The molecule has 0 bridgehead atoms. The Morgan fingerprint density at radius 2 is 2.23 bits per heavy atom. The smallest absolute Gasteiger partial charge is 0.150 e. The Labute approximate surface area is 75.4 Å². The van der Waals surface area contributed by atoms with Gasteiger partial charge in [-0.25, -0.2) is 9.97 Å². The van der Waals surface area contributed by atoms with Gasteiger partial charge in [-0.15, -0.1) is 0 Å². The minimum absolute atomic E-state index is 0.653. The second-order valence-corrected chi connectivity index (χ2v) is 2.85. The van der Waals surface area contributed by atoms with Gasteiger partial charge in [-0.2, -0.15) is 0 Å². The number of fused-ring (bicyclic) bond motifs is 1. The number of rotatable bonds is 1. The molecule has 0 fully saturated rings. The minimum atomic E-state index is 0.653. The van der Waals surface area contributed by atoms with Crippen molar-refractivity contribution in [2.24, 2.45) is 0 Å². The predicted octanol–water partition coefficient (Wildman–Crippen LogP) is 1.75. The van der Waals surface area contributed by atoms with Crippen molar-refractivity contribution in [2.45, 2.75) is 6.92 Å². The van der Waals surface area contributed by atoms with E-state index in [1.165, 1.54) is 0 Å². The van der Waals surface area contributed by atoms with Crippen LogP contribution in [-0.4, -0.2) is 16.3 Å². The molecule has 0 radical (unpaired) electrons. The molecule has 2 rings (SSSR count). The van der Waals surface area contributed by atoms with Crippen LogP contribution in [0.5, 0.6) is 0 Å². The zero-order valence-electron chi connectivity index (χ0n) is 7.19. The van der Waals surface area contributed by atoms with Crippen LogP contribution in [0.1, 0.15) is 16.2 Å². The molecule has 1 aromatic carbocycles. The van der Waals surface area contributed by atoms with Gasteiger partial charge in [-0.1, -0.05) is 0 Å². The Kier molecular flexibility index (Phi) is 1.77. The fourth-order valence-electron chi connectivity index (χ4n) is 1.22. The first-order valence-electron chi connectivity index (χ1n) is 3.98. The molecule has 0 N–H and O–H groups in total. The summed E-state index contributed by atoms with van der Waals surface area (Å²) in [4.78, 5) is 18.8. The summed E-state index contributed by atoms with van der Waals surface area (Å²) in [5.74, 6) is 0.742. The van der Waals surface area contributed by atoms with Gasteiger partial charge in [0, 0.05) is 17.1 Å². The van der Waals surface area contributed by atoms with E-state index in [0.29, 0.717) is 5.56 Å². The molecule has 0 unspecified atom stereocenters. The Hall–Kier alpha value is -1.77. The zero-order valence-corrected chi connectivity index (χ0v) is 7.19. The summed E-state index contributed by atoms with van der Waals surface area (Å²) in [7, 11) is 0. The molecule has 1 heterocycles. The van der Waals surface area contributed by atoms with Gasteiger partial charge in [-0.3, -0.25) is 4.79 Å². The number of aromatic nitrogens is 2. The van der Waals surface area contributed by atoms with Crippen molar-refractivity contribution in [1.82, 2.24) is 9.97 Å². The number of nitrogens with zero attached hydrogens (tertiary/aromatic N) is 2. The molecule has 3 heteroatoms. The monoisotopic (exact) mass is 172 g/mol. The van der Waals surface area contributed by atoms with Crippen molar-refractivity contribution in [3.8, 4) is 0 Å². The van der Waals surface area contributed by atoms with Crippen LogP contribution in [0.2, 0.25) is 0 Å². The van der Waals surface area contributed by atoms with Crippen molar-refractivity contribution >= 4 is 17.2 Å². The third-order valence-electron chi connectivity index (χ3n) is 1.86. The lowest BCUT2D eigenvalue weighted by atomic mass is 10.2. The van der Waals surface area contributed by atoms with Gasteiger partial charge in [0.25, 0.3) is 0 Å². The standard InChI is InChI=1S/C10H8N2O/c1-7-11-5-9-4-8(6-13)2-3-10(9)12-7/h2-6H,1H3. The number of hydrogen-bond donors (Lipinski definition) is 0. The molecular weight excluding hydrogens is 164 g/mol. The van der Waals surface area contributed by atoms with E-state index in [4.69, 9.17) is 0 Å². The first kappa shape index (κ1) is 7.86. The van der Waals surface area contributed by atoms with Gasteiger partial charge in [-0.05, 0) is 25.1 Å². The highest BCUT2D eigenvalue weighted by Gasteiger charge is 1.97. The molecular formula is C10H8N2O. The number of benzene rings is 1. The third kappa shape index (κ3) is 1.40. The van der Waals surface area contributed by atoms with Crippen LogP contribution >= 0.6 is 0 Å². The Morgan fingerprint density at radius 1 is 1.38 bits per heavy atom. The van der Waals surface area contributed by atoms with Gasteiger partial charge in [0.05, 0.1) is 5.52 Å². The quantitative estimate of drug-likeness (QED) is 0.615. The highest BCUT2D eigenvalue weighted by molar-refractivity contribution is 5.86. The lowest BCUT2D eigenvalue weighted by Gasteiger charge is -1.97. The topological polar surface area (TPSA) is 42.9 Å². The first-order chi connectivity index (χ1) is 6.29. The second kappa shape index (κ2) is 2.94. The number of aldehydes is 1. The fourth-order valence-corrected chi connectivity index (χ4v) is 1.22. The van der Waals surface area contributed by atoms with E-state index in [2.05, 4.69) is 9.97 Å². The molecule has 1 aromatic heterocycles. The summed E-state index contributed by atoms with van der Waals surface area (Å²) in [6.45, 7) is 1.84. The molecule has 0 saturated heterocycles. The largest absolute Gasteiger partial charge is 0.298 e. The number of hydrogen-bond acceptors (Lipinski definition) is 3. The van der Waals surface area contributed by atoms with Crippen LogP contribution < -0.4 is 0 Å². The van der Waals surface area contributed by atoms with Crippen LogP contribution in [0, 0.1) is 6.92 Å². The molecule has 3 nitrogen and oxygen atoms in total. The average Bonchev–Trinajstić information content (AvgIpc) is 2.17. The zero-order chi connectivity index (χ0) is 9.26. The van der Waals surface area contributed by atoms with Crippen molar-refractivity contribution in [3.05, 3.63) is 35.8 Å². The lowest BCUT2D eigenvalue weighted by Crippen LogP contribution is -1.88. The Bertz CT molecular complexity index is 465. The SMILES string of the molecule is Cc1ncc2cc(C=O)ccc2n1. The number of aryl methyl sites for hydroxylation is 1. The summed E-state index contributed by atoms with van der Waals surface area (Å²) in [5.41, 5.74) is 1.53. The fraction of sp³-hybridized carbons (Fsp3) is 0.100. The van der Waals surface area contributed by atoms with Crippen molar-refractivity contribution in [1.29, 1.82) is 0 Å². The maximum Gasteiger partial charge on any atom is 0.150 e. The van der Waals surface area contributed by atoms with E-state index in [1.54, 1.807) is 18.3 Å². The normalized spacial score (nSPS) is 10.2. The maximum atomic E-state index is 10.5. The van der Waals surface area contributed by atoms with Crippen molar-refractivity contribution < 1.29 is 4.79 Å². The summed E-state index contributed by atoms with van der Waals surface area (Å²) >= 11 is 0. The van der Waals surface area contributed by atoms with Crippen LogP contribution in [-0.2, 0) is 0 Å². The first-order valence-corrected chi connectivity index (χ1v) is 3.98. The van der Waals surface area contributed by atoms with Crippen LogP contribution in [0.3, 0.4) is 0 Å². The number of carbonyl (C=O) groups is 1. The lowest BCUT2D eigenvalue weighted by molar-refractivity contribution is 0.112. The van der Waals surface area contributed by atoms with Gasteiger partial charge in [0.2, 0.25) is 0 Å². The van der Waals surface area contributed by atoms with E-state index in [-0.39, 0.29) is 0 Å². The van der Waals surface area contributed by atoms with Crippen molar-refractivity contribution in [2.75, 3.05) is 0 Å². The van der Waals surface area contributed by atoms with Crippen LogP contribution in [0.25, 0.3) is 10.9 Å². The third-order valence-corrected chi connectivity index (χ3v) is 1.86. The summed E-state index contributed by atoms with van der Waals surface area (Å²) in [6.07, 6.45) is 2.55. The molecule has 0 amide bonds. The van der Waals surface area contributed by atoms with E-state index in [9.17, 15) is 4.79 Å². The molecule has 0 spiro atoms. The van der Waals surface area contributed by atoms with Crippen LogP contribution in [0.4, 0.5) is 0 Å².